The van der Waals surface area contributed by atoms with Crippen LogP contribution in [0.5, 0.6) is 0 Å². The molecule has 0 N–H and O–H groups in total. The molecule has 0 aliphatic carbocycles. The summed E-state index contributed by atoms with van der Waals surface area (Å²) in [4.78, 5) is 12.5. The van der Waals surface area contributed by atoms with Crippen molar-refractivity contribution in [2.75, 3.05) is 0 Å². The Morgan fingerprint density at radius 3 is 2.12 bits per heavy atom. The molecule has 0 amide bonds. The SMILES string of the molecule is CC(C)(C)C(=CC=Cc1ccccc1)C(=O)OCc1ccccc1. The first-order valence-corrected chi connectivity index (χ1v) is 8.12. The Bertz CT molecular complexity index is 705. The van der Waals surface area contributed by atoms with E-state index in [9.17, 15) is 4.79 Å². The van der Waals surface area contributed by atoms with Crippen molar-refractivity contribution < 1.29 is 9.53 Å². The van der Waals surface area contributed by atoms with Crippen molar-refractivity contribution in [3.63, 3.8) is 0 Å². The summed E-state index contributed by atoms with van der Waals surface area (Å²) in [5.74, 6) is -0.274. The lowest BCUT2D eigenvalue weighted by molar-refractivity contribution is -0.141. The zero-order valence-corrected chi connectivity index (χ0v) is 14.5. The molecule has 2 heteroatoms. The summed E-state index contributed by atoms with van der Waals surface area (Å²) in [6, 6.07) is 19.7. The van der Waals surface area contributed by atoms with Crippen LogP contribution in [0.3, 0.4) is 0 Å². The van der Waals surface area contributed by atoms with Gasteiger partial charge in [-0.3, -0.25) is 0 Å². The highest BCUT2D eigenvalue weighted by atomic mass is 16.5. The van der Waals surface area contributed by atoms with E-state index in [-0.39, 0.29) is 18.0 Å². The molecular weight excluding hydrogens is 296 g/mol. The number of hydrogen-bond acceptors (Lipinski definition) is 2. The van der Waals surface area contributed by atoms with Crippen LogP contribution in [0.4, 0.5) is 0 Å². The molecule has 0 heterocycles. The quantitative estimate of drug-likeness (QED) is 0.418. The van der Waals surface area contributed by atoms with Gasteiger partial charge in [0.05, 0.1) is 0 Å². The molecule has 0 aliphatic rings. The Labute approximate surface area is 144 Å². The average Bonchev–Trinajstić information content (AvgIpc) is 2.57. The number of rotatable bonds is 5. The molecule has 2 aromatic rings. The Balaban J connectivity index is 2.08. The lowest BCUT2D eigenvalue weighted by atomic mass is 9.86. The Kier molecular flexibility index (Phi) is 6.14. The summed E-state index contributed by atoms with van der Waals surface area (Å²) in [5, 5.41) is 0. The Morgan fingerprint density at radius 1 is 0.958 bits per heavy atom. The van der Waals surface area contributed by atoms with Gasteiger partial charge in [0.25, 0.3) is 0 Å². The summed E-state index contributed by atoms with van der Waals surface area (Å²) < 4.78 is 5.48. The fourth-order valence-corrected chi connectivity index (χ4v) is 2.24. The molecule has 0 aliphatic heterocycles. The minimum Gasteiger partial charge on any atom is -0.457 e. The lowest BCUT2D eigenvalue weighted by Gasteiger charge is -2.21. The zero-order valence-electron chi connectivity index (χ0n) is 14.5. The molecule has 0 fully saturated rings. The third-order valence-corrected chi connectivity index (χ3v) is 3.59. The number of allylic oxidation sites excluding steroid dienone is 2. The van der Waals surface area contributed by atoms with E-state index < -0.39 is 0 Å². The number of ether oxygens (including phenoxy) is 1. The van der Waals surface area contributed by atoms with Gasteiger partial charge in [-0.25, -0.2) is 4.79 Å². The van der Waals surface area contributed by atoms with E-state index >= 15 is 0 Å². The summed E-state index contributed by atoms with van der Waals surface area (Å²) >= 11 is 0. The van der Waals surface area contributed by atoms with Crippen molar-refractivity contribution >= 4 is 12.0 Å². The minimum atomic E-state index is -0.283. The van der Waals surface area contributed by atoms with Crippen molar-refractivity contribution in [3.05, 3.63) is 89.5 Å². The van der Waals surface area contributed by atoms with Crippen LogP contribution in [-0.4, -0.2) is 5.97 Å². The molecule has 0 aromatic heterocycles. The van der Waals surface area contributed by atoms with E-state index in [2.05, 4.69) is 0 Å². The van der Waals surface area contributed by atoms with Gasteiger partial charge in [-0.2, -0.15) is 0 Å². The van der Waals surface area contributed by atoms with Crippen molar-refractivity contribution in [3.8, 4) is 0 Å². The molecule has 0 radical (unpaired) electrons. The highest BCUT2D eigenvalue weighted by Crippen LogP contribution is 2.27. The molecular formula is C22H24O2. The molecule has 124 valence electrons. The molecule has 24 heavy (non-hydrogen) atoms. The van der Waals surface area contributed by atoms with E-state index in [1.54, 1.807) is 0 Å². The first-order valence-electron chi connectivity index (χ1n) is 8.12. The molecule has 2 aromatic carbocycles. The molecule has 2 nitrogen and oxygen atoms in total. The van der Waals surface area contributed by atoms with Gasteiger partial charge in [-0.1, -0.05) is 99.7 Å². The number of esters is 1. The number of benzene rings is 2. The topological polar surface area (TPSA) is 26.3 Å². The summed E-state index contributed by atoms with van der Waals surface area (Å²) in [7, 11) is 0. The van der Waals surface area contributed by atoms with Crippen molar-refractivity contribution in [2.45, 2.75) is 27.4 Å². The highest BCUT2D eigenvalue weighted by molar-refractivity contribution is 5.90. The number of hydrogen-bond donors (Lipinski definition) is 0. The largest absolute Gasteiger partial charge is 0.457 e. The van der Waals surface area contributed by atoms with Crippen molar-refractivity contribution in [1.82, 2.24) is 0 Å². The van der Waals surface area contributed by atoms with Gasteiger partial charge >= 0.3 is 5.97 Å². The van der Waals surface area contributed by atoms with Crippen LogP contribution in [0, 0.1) is 5.41 Å². The smallest absolute Gasteiger partial charge is 0.334 e. The van der Waals surface area contributed by atoms with Gasteiger partial charge in [-0.05, 0) is 16.5 Å². The maximum atomic E-state index is 12.5. The van der Waals surface area contributed by atoms with Gasteiger partial charge in [0, 0.05) is 5.57 Å². The van der Waals surface area contributed by atoms with Crippen LogP contribution in [0.25, 0.3) is 6.08 Å². The van der Waals surface area contributed by atoms with Crippen LogP contribution < -0.4 is 0 Å². The molecule has 0 saturated carbocycles. The fourth-order valence-electron chi connectivity index (χ4n) is 2.24. The van der Waals surface area contributed by atoms with Gasteiger partial charge in [0.2, 0.25) is 0 Å². The third kappa shape index (κ3) is 5.54. The predicted molar refractivity (Wildman–Crippen MR) is 99.3 cm³/mol. The molecule has 0 bridgehead atoms. The van der Waals surface area contributed by atoms with Crippen molar-refractivity contribution in [2.24, 2.45) is 5.41 Å². The van der Waals surface area contributed by atoms with E-state index in [0.717, 1.165) is 11.1 Å². The maximum absolute atomic E-state index is 12.5. The number of carbonyl (C=O) groups is 1. The number of carbonyl (C=O) groups excluding carboxylic acids is 1. The van der Waals surface area contributed by atoms with E-state index in [4.69, 9.17) is 4.74 Å². The molecule has 0 spiro atoms. The van der Waals surface area contributed by atoms with E-state index in [1.807, 2.05) is 99.7 Å². The lowest BCUT2D eigenvalue weighted by Crippen LogP contribution is -2.20. The zero-order chi connectivity index (χ0) is 17.4. The van der Waals surface area contributed by atoms with Crippen LogP contribution in [-0.2, 0) is 16.1 Å². The summed E-state index contributed by atoms with van der Waals surface area (Å²) in [5.41, 5.74) is 2.46. The third-order valence-electron chi connectivity index (χ3n) is 3.59. The van der Waals surface area contributed by atoms with Crippen LogP contribution >= 0.6 is 0 Å². The maximum Gasteiger partial charge on any atom is 0.334 e. The van der Waals surface area contributed by atoms with Crippen LogP contribution in [0.2, 0.25) is 0 Å². The van der Waals surface area contributed by atoms with Gasteiger partial charge in [0.15, 0.2) is 0 Å². The molecule has 0 atom stereocenters. The Morgan fingerprint density at radius 2 is 1.54 bits per heavy atom. The van der Waals surface area contributed by atoms with Gasteiger partial charge < -0.3 is 4.74 Å². The standard InChI is InChI=1S/C22H24O2/c1-22(2,3)20(16-10-15-18-11-6-4-7-12-18)21(23)24-17-19-13-8-5-9-14-19/h4-16H,17H2,1-3H3. The van der Waals surface area contributed by atoms with E-state index in [0.29, 0.717) is 5.57 Å². The predicted octanol–water partition coefficient (Wildman–Crippen LogP) is 5.42. The first-order chi connectivity index (χ1) is 11.5. The molecule has 2 rings (SSSR count). The van der Waals surface area contributed by atoms with Crippen LogP contribution in [0.1, 0.15) is 31.9 Å². The summed E-state index contributed by atoms with van der Waals surface area (Å²) in [6.07, 6.45) is 5.73. The fraction of sp³-hybridized carbons (Fsp3) is 0.227. The first kappa shape index (κ1) is 17.7. The normalized spacial score (nSPS) is 12.4. The van der Waals surface area contributed by atoms with Crippen molar-refractivity contribution in [1.29, 1.82) is 0 Å². The second-order valence-corrected chi connectivity index (χ2v) is 6.66. The minimum absolute atomic E-state index is 0.274. The summed E-state index contributed by atoms with van der Waals surface area (Å²) in [6.45, 7) is 6.33. The second kappa shape index (κ2) is 8.30. The second-order valence-electron chi connectivity index (χ2n) is 6.66. The van der Waals surface area contributed by atoms with Gasteiger partial charge in [-0.15, -0.1) is 0 Å². The van der Waals surface area contributed by atoms with Gasteiger partial charge in [0.1, 0.15) is 6.61 Å². The highest BCUT2D eigenvalue weighted by Gasteiger charge is 2.24. The van der Waals surface area contributed by atoms with Crippen LogP contribution in [0.15, 0.2) is 78.4 Å². The molecule has 0 saturated heterocycles. The monoisotopic (exact) mass is 320 g/mol. The Hall–Kier alpha value is -2.61. The van der Waals surface area contributed by atoms with E-state index in [1.165, 1.54) is 0 Å². The average molecular weight is 320 g/mol. The molecule has 0 unspecified atom stereocenters.